The van der Waals surface area contributed by atoms with Gasteiger partial charge in [-0.05, 0) is 25.0 Å². The van der Waals surface area contributed by atoms with Crippen molar-refractivity contribution in [2.45, 2.75) is 33.2 Å². The Hall–Kier alpha value is -1.48. The van der Waals surface area contributed by atoms with Gasteiger partial charge < -0.3 is 5.73 Å². The second-order valence-corrected chi connectivity index (χ2v) is 4.86. The van der Waals surface area contributed by atoms with Gasteiger partial charge in [0.1, 0.15) is 0 Å². The van der Waals surface area contributed by atoms with E-state index in [2.05, 4.69) is 12.0 Å². The fourth-order valence-corrected chi connectivity index (χ4v) is 2.15. The van der Waals surface area contributed by atoms with E-state index in [-0.39, 0.29) is 0 Å². The molecule has 0 amide bonds. The fourth-order valence-electron chi connectivity index (χ4n) is 1.87. The Balaban J connectivity index is 2.31. The molecule has 4 heteroatoms. The molecule has 0 saturated carbocycles. The summed E-state index contributed by atoms with van der Waals surface area (Å²) in [6, 6.07) is 3.84. The standard InChI is InChI=1S/C14H18ClN3/c1-3-4-7-18-9-11(8-17-18)12-5-6-13(16)10(2)14(12)15/h5-6,8-9H,3-4,7,16H2,1-2H3. The van der Waals surface area contributed by atoms with Crippen LogP contribution in [0.3, 0.4) is 0 Å². The first-order valence-electron chi connectivity index (χ1n) is 6.21. The average Bonchev–Trinajstić information content (AvgIpc) is 2.82. The summed E-state index contributed by atoms with van der Waals surface area (Å²) in [7, 11) is 0. The number of aromatic nitrogens is 2. The maximum atomic E-state index is 6.33. The highest BCUT2D eigenvalue weighted by molar-refractivity contribution is 6.34. The van der Waals surface area contributed by atoms with E-state index in [0.717, 1.165) is 41.8 Å². The summed E-state index contributed by atoms with van der Waals surface area (Å²) in [6.45, 7) is 5.05. The van der Waals surface area contributed by atoms with Crippen LogP contribution >= 0.6 is 11.6 Å². The van der Waals surface area contributed by atoms with Crippen molar-refractivity contribution in [3.8, 4) is 11.1 Å². The minimum atomic E-state index is 0.713. The Morgan fingerprint density at radius 3 is 2.89 bits per heavy atom. The van der Waals surface area contributed by atoms with E-state index in [4.69, 9.17) is 17.3 Å². The van der Waals surface area contributed by atoms with Crippen LogP contribution in [0, 0.1) is 6.92 Å². The molecule has 0 fully saturated rings. The van der Waals surface area contributed by atoms with Crippen LogP contribution < -0.4 is 5.73 Å². The molecule has 18 heavy (non-hydrogen) atoms. The third-order valence-corrected chi connectivity index (χ3v) is 3.60. The molecule has 1 aromatic carbocycles. The van der Waals surface area contributed by atoms with Crippen molar-refractivity contribution in [3.63, 3.8) is 0 Å². The molecule has 3 nitrogen and oxygen atoms in total. The second kappa shape index (κ2) is 5.44. The molecular formula is C14H18ClN3. The van der Waals surface area contributed by atoms with E-state index in [0.29, 0.717) is 5.02 Å². The van der Waals surface area contributed by atoms with Gasteiger partial charge in [-0.25, -0.2) is 0 Å². The van der Waals surface area contributed by atoms with Gasteiger partial charge in [0.05, 0.1) is 11.2 Å². The van der Waals surface area contributed by atoms with Crippen LogP contribution in [0.5, 0.6) is 0 Å². The van der Waals surface area contributed by atoms with E-state index in [1.165, 1.54) is 0 Å². The van der Waals surface area contributed by atoms with Crippen molar-refractivity contribution in [1.29, 1.82) is 0 Å². The number of rotatable bonds is 4. The van der Waals surface area contributed by atoms with E-state index < -0.39 is 0 Å². The average molecular weight is 264 g/mol. The zero-order valence-corrected chi connectivity index (χ0v) is 11.5. The first kappa shape index (κ1) is 13.0. The molecule has 2 aromatic rings. The molecule has 1 aromatic heterocycles. The molecule has 2 rings (SSSR count). The van der Waals surface area contributed by atoms with Gasteiger partial charge in [0.2, 0.25) is 0 Å². The first-order chi connectivity index (χ1) is 8.63. The van der Waals surface area contributed by atoms with Crippen LogP contribution in [-0.2, 0) is 6.54 Å². The number of benzene rings is 1. The van der Waals surface area contributed by atoms with Crippen LogP contribution in [0.25, 0.3) is 11.1 Å². The van der Waals surface area contributed by atoms with Crippen molar-refractivity contribution in [2.24, 2.45) is 0 Å². The third-order valence-electron chi connectivity index (χ3n) is 3.11. The van der Waals surface area contributed by atoms with E-state index in [1.807, 2.05) is 36.1 Å². The Morgan fingerprint density at radius 1 is 1.39 bits per heavy atom. The van der Waals surface area contributed by atoms with Gasteiger partial charge in [-0.15, -0.1) is 0 Å². The molecule has 0 bridgehead atoms. The molecule has 2 N–H and O–H groups in total. The Kier molecular flexibility index (Phi) is 3.92. The molecule has 0 aliphatic carbocycles. The van der Waals surface area contributed by atoms with Crippen LogP contribution in [-0.4, -0.2) is 9.78 Å². The molecule has 0 saturated heterocycles. The monoisotopic (exact) mass is 263 g/mol. The highest BCUT2D eigenvalue weighted by Gasteiger charge is 2.10. The number of hydrogen-bond donors (Lipinski definition) is 1. The molecular weight excluding hydrogens is 246 g/mol. The number of nitrogen functional groups attached to an aromatic ring is 1. The Bertz CT molecular complexity index is 546. The van der Waals surface area contributed by atoms with Crippen molar-refractivity contribution < 1.29 is 0 Å². The number of halogens is 1. The maximum Gasteiger partial charge on any atom is 0.0568 e. The first-order valence-corrected chi connectivity index (χ1v) is 6.58. The molecule has 0 radical (unpaired) electrons. The van der Waals surface area contributed by atoms with Crippen molar-refractivity contribution in [1.82, 2.24) is 9.78 Å². The summed E-state index contributed by atoms with van der Waals surface area (Å²) in [5.74, 6) is 0. The molecule has 0 aliphatic heterocycles. The highest BCUT2D eigenvalue weighted by atomic mass is 35.5. The predicted octanol–water partition coefficient (Wildman–Crippen LogP) is 3.89. The number of nitrogens with two attached hydrogens (primary N) is 1. The van der Waals surface area contributed by atoms with E-state index in [9.17, 15) is 0 Å². The molecule has 0 spiro atoms. The summed E-state index contributed by atoms with van der Waals surface area (Å²) in [4.78, 5) is 0. The van der Waals surface area contributed by atoms with Gasteiger partial charge in [-0.2, -0.15) is 5.10 Å². The number of anilines is 1. The lowest BCUT2D eigenvalue weighted by molar-refractivity contribution is 0.572. The molecule has 96 valence electrons. The lowest BCUT2D eigenvalue weighted by atomic mass is 10.1. The lowest BCUT2D eigenvalue weighted by Gasteiger charge is -2.07. The SMILES string of the molecule is CCCCn1cc(-c2ccc(N)c(C)c2Cl)cn1. The Labute approximate surface area is 113 Å². The van der Waals surface area contributed by atoms with Crippen LogP contribution in [0.15, 0.2) is 24.5 Å². The highest BCUT2D eigenvalue weighted by Crippen LogP contribution is 2.33. The quantitative estimate of drug-likeness (QED) is 0.851. The predicted molar refractivity (Wildman–Crippen MR) is 76.7 cm³/mol. The number of unbranched alkanes of at least 4 members (excludes halogenated alkanes) is 1. The summed E-state index contributed by atoms with van der Waals surface area (Å²) in [5.41, 5.74) is 9.52. The number of aryl methyl sites for hydroxylation is 1. The van der Waals surface area contributed by atoms with Crippen molar-refractivity contribution >= 4 is 17.3 Å². The Morgan fingerprint density at radius 2 is 2.17 bits per heavy atom. The van der Waals surface area contributed by atoms with Gasteiger partial charge in [0, 0.05) is 29.6 Å². The van der Waals surface area contributed by atoms with Gasteiger partial charge >= 0.3 is 0 Å². The van der Waals surface area contributed by atoms with Crippen molar-refractivity contribution in [2.75, 3.05) is 5.73 Å². The van der Waals surface area contributed by atoms with Crippen LogP contribution in [0.4, 0.5) is 5.69 Å². The molecule has 0 aliphatic rings. The third kappa shape index (κ3) is 2.51. The van der Waals surface area contributed by atoms with Crippen LogP contribution in [0.1, 0.15) is 25.3 Å². The smallest absolute Gasteiger partial charge is 0.0568 e. The summed E-state index contributed by atoms with van der Waals surface area (Å²) in [5, 5.41) is 5.06. The normalized spacial score (nSPS) is 10.8. The maximum absolute atomic E-state index is 6.33. The van der Waals surface area contributed by atoms with Gasteiger partial charge in [0.25, 0.3) is 0 Å². The molecule has 0 unspecified atom stereocenters. The molecule has 1 heterocycles. The van der Waals surface area contributed by atoms with Gasteiger partial charge in [0.15, 0.2) is 0 Å². The molecule has 0 atom stereocenters. The topological polar surface area (TPSA) is 43.8 Å². The van der Waals surface area contributed by atoms with Gasteiger partial charge in [-0.1, -0.05) is 31.0 Å². The summed E-state index contributed by atoms with van der Waals surface area (Å²) >= 11 is 6.33. The minimum Gasteiger partial charge on any atom is -0.398 e. The minimum absolute atomic E-state index is 0.713. The fraction of sp³-hybridized carbons (Fsp3) is 0.357. The summed E-state index contributed by atoms with van der Waals surface area (Å²) < 4.78 is 1.96. The van der Waals surface area contributed by atoms with Crippen molar-refractivity contribution in [3.05, 3.63) is 35.1 Å². The zero-order chi connectivity index (χ0) is 13.1. The second-order valence-electron chi connectivity index (χ2n) is 4.49. The largest absolute Gasteiger partial charge is 0.398 e. The van der Waals surface area contributed by atoms with E-state index >= 15 is 0 Å². The number of hydrogen-bond acceptors (Lipinski definition) is 2. The number of nitrogens with zero attached hydrogens (tertiary/aromatic N) is 2. The lowest BCUT2D eigenvalue weighted by Crippen LogP contribution is -1.96. The zero-order valence-electron chi connectivity index (χ0n) is 10.8. The van der Waals surface area contributed by atoms with E-state index in [1.54, 1.807) is 0 Å². The van der Waals surface area contributed by atoms with Gasteiger partial charge in [-0.3, -0.25) is 4.68 Å². The van der Waals surface area contributed by atoms with Crippen LogP contribution in [0.2, 0.25) is 5.02 Å². The summed E-state index contributed by atoms with van der Waals surface area (Å²) in [6.07, 6.45) is 6.19.